The van der Waals surface area contributed by atoms with Crippen molar-refractivity contribution in [2.45, 2.75) is 95.9 Å². The van der Waals surface area contributed by atoms with Gasteiger partial charge < -0.3 is 10.3 Å². The molecule has 1 aliphatic rings. The van der Waals surface area contributed by atoms with Gasteiger partial charge in [0.1, 0.15) is 0 Å². The maximum Gasteiger partial charge on any atom is 0.00884 e. The number of nitrogens with zero attached hydrogens (tertiary/aromatic N) is 1. The Kier molecular flexibility index (Phi) is 7.92. The van der Waals surface area contributed by atoms with Crippen LogP contribution in [0.3, 0.4) is 0 Å². The summed E-state index contributed by atoms with van der Waals surface area (Å²) < 4.78 is 0. The van der Waals surface area contributed by atoms with Crippen molar-refractivity contribution in [3.8, 4) is 0 Å². The Bertz CT molecular complexity index is 197. The Labute approximate surface area is 114 Å². The predicted octanol–water partition coefficient (Wildman–Crippen LogP) is 5.26. The summed E-state index contributed by atoms with van der Waals surface area (Å²) >= 11 is 0. The van der Waals surface area contributed by atoms with Crippen LogP contribution in [0.25, 0.3) is 0 Å². The maximum absolute atomic E-state index is 11.8. The summed E-state index contributed by atoms with van der Waals surface area (Å²) in [7, 11) is 1.74. The van der Waals surface area contributed by atoms with Crippen molar-refractivity contribution in [2.75, 3.05) is 7.05 Å². The molecule has 0 aromatic heterocycles. The summed E-state index contributed by atoms with van der Waals surface area (Å²) in [6.45, 7) is 2.26. The molecule has 2 nitrogen and oxygen atoms in total. The van der Waals surface area contributed by atoms with Gasteiger partial charge in [-0.3, -0.25) is 0 Å². The van der Waals surface area contributed by atoms with Crippen LogP contribution in [0.5, 0.6) is 0 Å². The van der Waals surface area contributed by atoms with E-state index in [4.69, 9.17) is 0 Å². The number of hydroxylamine groups is 2. The molecule has 1 saturated carbocycles. The Morgan fingerprint density at radius 2 is 1.44 bits per heavy atom. The van der Waals surface area contributed by atoms with Crippen molar-refractivity contribution in [1.82, 2.24) is 5.06 Å². The molecule has 1 rings (SSSR count). The first-order valence-electron chi connectivity index (χ1n) is 8.12. The molecule has 108 valence electrons. The van der Waals surface area contributed by atoms with E-state index in [1.165, 1.54) is 69.3 Å². The number of hydrogen-bond acceptors (Lipinski definition) is 2. The third kappa shape index (κ3) is 5.27. The van der Waals surface area contributed by atoms with Gasteiger partial charge in [-0.2, -0.15) is 0 Å². The minimum Gasteiger partial charge on any atom is -0.785 e. The van der Waals surface area contributed by atoms with Gasteiger partial charge in [-0.25, -0.2) is 0 Å². The van der Waals surface area contributed by atoms with E-state index in [0.717, 1.165) is 19.3 Å². The first-order valence-corrected chi connectivity index (χ1v) is 8.12. The average Bonchev–Trinajstić information content (AvgIpc) is 2.38. The fourth-order valence-electron chi connectivity index (χ4n) is 3.34. The van der Waals surface area contributed by atoms with Crippen LogP contribution in [0, 0.1) is 5.21 Å². The summed E-state index contributed by atoms with van der Waals surface area (Å²) in [4.78, 5) is 0. The van der Waals surface area contributed by atoms with Crippen LogP contribution in [0.4, 0.5) is 0 Å². The minimum absolute atomic E-state index is 0.00166. The van der Waals surface area contributed by atoms with Gasteiger partial charge in [0.25, 0.3) is 0 Å². The summed E-state index contributed by atoms with van der Waals surface area (Å²) in [5.41, 5.74) is 0.00166. The van der Waals surface area contributed by atoms with Crippen LogP contribution in [0.1, 0.15) is 90.4 Å². The second-order valence-corrected chi connectivity index (χ2v) is 6.15. The van der Waals surface area contributed by atoms with E-state index in [1.54, 1.807) is 7.05 Å². The second-order valence-electron chi connectivity index (χ2n) is 6.15. The van der Waals surface area contributed by atoms with Crippen molar-refractivity contribution in [3.05, 3.63) is 5.21 Å². The fraction of sp³-hybridized carbons (Fsp3) is 1.00. The molecule has 0 aromatic rings. The minimum atomic E-state index is 0.00166. The van der Waals surface area contributed by atoms with Crippen molar-refractivity contribution in [1.29, 1.82) is 0 Å². The summed E-state index contributed by atoms with van der Waals surface area (Å²) in [5.74, 6) is 0. The largest absolute Gasteiger partial charge is 0.785 e. The van der Waals surface area contributed by atoms with Crippen LogP contribution >= 0.6 is 0 Å². The van der Waals surface area contributed by atoms with E-state index in [2.05, 4.69) is 6.92 Å². The number of hydrogen-bond donors (Lipinski definition) is 0. The highest BCUT2D eigenvalue weighted by Gasteiger charge is 2.30. The second kappa shape index (κ2) is 8.92. The molecule has 0 heterocycles. The maximum atomic E-state index is 11.8. The first kappa shape index (κ1) is 16.0. The molecular weight excluding hydrogens is 222 g/mol. The van der Waals surface area contributed by atoms with Gasteiger partial charge in [-0.05, 0) is 26.3 Å². The molecule has 0 aliphatic heterocycles. The van der Waals surface area contributed by atoms with E-state index in [9.17, 15) is 5.21 Å². The SMILES string of the molecule is CCCCCCCCCC1(N(C)[O-])CCCCC1. The molecule has 0 spiro atoms. The van der Waals surface area contributed by atoms with Gasteiger partial charge in [0.05, 0.1) is 0 Å². The third-order valence-corrected chi connectivity index (χ3v) is 4.70. The van der Waals surface area contributed by atoms with Gasteiger partial charge >= 0.3 is 0 Å². The van der Waals surface area contributed by atoms with Gasteiger partial charge in [-0.1, -0.05) is 71.1 Å². The van der Waals surface area contributed by atoms with Gasteiger partial charge in [0.15, 0.2) is 0 Å². The Morgan fingerprint density at radius 1 is 0.889 bits per heavy atom. The lowest BCUT2D eigenvalue weighted by Crippen LogP contribution is -2.44. The lowest BCUT2D eigenvalue weighted by atomic mass is 9.78. The summed E-state index contributed by atoms with van der Waals surface area (Å²) in [6, 6.07) is 0. The van der Waals surface area contributed by atoms with Crippen LogP contribution in [-0.4, -0.2) is 17.6 Å². The van der Waals surface area contributed by atoms with E-state index < -0.39 is 0 Å². The molecule has 0 saturated heterocycles. The Balaban J connectivity index is 2.14. The van der Waals surface area contributed by atoms with Crippen LogP contribution < -0.4 is 0 Å². The Morgan fingerprint density at radius 3 is 2.00 bits per heavy atom. The standard InChI is InChI=1S/C16H32NO/c1-3-4-5-6-7-8-10-13-16(17(2)18)14-11-9-12-15-16/h3-15H2,1-2H3/q-1. The lowest BCUT2D eigenvalue weighted by Gasteiger charge is -2.49. The smallest absolute Gasteiger partial charge is 0.00884 e. The molecule has 0 aromatic carbocycles. The zero-order chi connectivity index (χ0) is 13.3. The number of unbranched alkanes of at least 4 members (excludes halogenated alkanes) is 6. The molecule has 1 aliphatic carbocycles. The molecule has 0 unspecified atom stereocenters. The predicted molar refractivity (Wildman–Crippen MR) is 79.6 cm³/mol. The van der Waals surface area contributed by atoms with Crippen molar-refractivity contribution in [2.24, 2.45) is 0 Å². The van der Waals surface area contributed by atoms with Gasteiger partial charge in [-0.15, -0.1) is 0 Å². The highest BCUT2D eigenvalue weighted by molar-refractivity contribution is 4.91. The molecule has 0 N–H and O–H groups in total. The average molecular weight is 254 g/mol. The number of rotatable bonds is 9. The highest BCUT2D eigenvalue weighted by Crippen LogP contribution is 2.36. The molecule has 0 atom stereocenters. The van der Waals surface area contributed by atoms with Crippen molar-refractivity contribution >= 4 is 0 Å². The molecule has 18 heavy (non-hydrogen) atoms. The molecule has 1 fully saturated rings. The van der Waals surface area contributed by atoms with E-state index in [1.807, 2.05) is 0 Å². The van der Waals surface area contributed by atoms with Crippen LogP contribution in [0.2, 0.25) is 0 Å². The fourth-order valence-corrected chi connectivity index (χ4v) is 3.34. The molecule has 0 bridgehead atoms. The normalized spacial score (nSPS) is 19.3. The van der Waals surface area contributed by atoms with Crippen LogP contribution in [-0.2, 0) is 0 Å². The van der Waals surface area contributed by atoms with Crippen LogP contribution in [0.15, 0.2) is 0 Å². The molecule has 2 heteroatoms. The van der Waals surface area contributed by atoms with Crippen molar-refractivity contribution < 1.29 is 0 Å². The summed E-state index contributed by atoms with van der Waals surface area (Å²) in [5, 5.41) is 13.1. The van der Waals surface area contributed by atoms with E-state index in [-0.39, 0.29) is 5.54 Å². The topological polar surface area (TPSA) is 26.3 Å². The first-order chi connectivity index (χ1) is 8.71. The zero-order valence-corrected chi connectivity index (χ0v) is 12.5. The lowest BCUT2D eigenvalue weighted by molar-refractivity contribution is 0.106. The highest BCUT2D eigenvalue weighted by atomic mass is 16.5. The van der Waals surface area contributed by atoms with E-state index in [0.29, 0.717) is 0 Å². The molecular formula is C16H32NO-. The summed E-state index contributed by atoms with van der Waals surface area (Å²) in [6.07, 6.45) is 16.6. The quantitative estimate of drug-likeness (QED) is 0.414. The monoisotopic (exact) mass is 254 g/mol. The van der Waals surface area contributed by atoms with Gasteiger partial charge in [0.2, 0.25) is 0 Å². The van der Waals surface area contributed by atoms with E-state index >= 15 is 0 Å². The molecule has 0 radical (unpaired) electrons. The Hall–Kier alpha value is -0.0800. The zero-order valence-electron chi connectivity index (χ0n) is 12.5. The molecule has 0 amide bonds. The van der Waals surface area contributed by atoms with Gasteiger partial charge in [0, 0.05) is 5.54 Å². The van der Waals surface area contributed by atoms with Crippen molar-refractivity contribution in [3.63, 3.8) is 0 Å². The third-order valence-electron chi connectivity index (χ3n) is 4.70.